The lowest BCUT2D eigenvalue weighted by Crippen LogP contribution is -2.42. The second-order valence-electron chi connectivity index (χ2n) is 7.91. The van der Waals surface area contributed by atoms with Crippen LogP contribution in [0.15, 0.2) is 57.9 Å². The van der Waals surface area contributed by atoms with Crippen LogP contribution < -0.4 is 10.9 Å². The molecule has 0 aliphatic rings. The monoisotopic (exact) mass is 420 g/mol. The molecule has 0 unspecified atom stereocenters. The zero-order valence-electron chi connectivity index (χ0n) is 18.2. The lowest BCUT2D eigenvalue weighted by molar-refractivity contribution is -0.125. The van der Waals surface area contributed by atoms with E-state index in [0.717, 1.165) is 24.2 Å². The number of carbonyl (C=O) groups is 1. The number of fused-ring (bicyclic) bond motifs is 3. The Labute approximate surface area is 180 Å². The Morgan fingerprint density at radius 3 is 2.65 bits per heavy atom. The molecule has 0 saturated carbocycles. The number of hydrogen-bond donors (Lipinski definition) is 1. The van der Waals surface area contributed by atoms with E-state index in [9.17, 15) is 9.59 Å². The molecule has 7 heteroatoms. The first-order valence-electron chi connectivity index (χ1n) is 10.9. The molecule has 0 saturated heterocycles. The highest BCUT2D eigenvalue weighted by Crippen LogP contribution is 2.21. The summed E-state index contributed by atoms with van der Waals surface area (Å²) >= 11 is 0. The molecule has 1 aromatic carbocycles. The average molecular weight is 421 g/mol. The number of nitrogens with zero attached hydrogens (tertiary/aromatic N) is 3. The third-order valence-corrected chi connectivity index (χ3v) is 5.73. The van der Waals surface area contributed by atoms with Crippen molar-refractivity contribution in [2.75, 3.05) is 0 Å². The third kappa shape index (κ3) is 4.00. The molecule has 0 aliphatic carbocycles. The summed E-state index contributed by atoms with van der Waals surface area (Å²) in [7, 11) is 0. The van der Waals surface area contributed by atoms with Gasteiger partial charge in [-0.1, -0.05) is 44.2 Å². The van der Waals surface area contributed by atoms with Gasteiger partial charge in [-0.2, -0.15) is 5.10 Å². The summed E-state index contributed by atoms with van der Waals surface area (Å²) in [4.78, 5) is 26.3. The Balaban J connectivity index is 1.58. The fourth-order valence-electron chi connectivity index (χ4n) is 4.04. The van der Waals surface area contributed by atoms with E-state index in [2.05, 4.69) is 22.5 Å². The van der Waals surface area contributed by atoms with Crippen LogP contribution in [-0.4, -0.2) is 26.1 Å². The summed E-state index contributed by atoms with van der Waals surface area (Å²) in [6.07, 6.45) is 4.40. The van der Waals surface area contributed by atoms with Crippen LogP contribution in [0.1, 0.15) is 51.0 Å². The highest BCUT2D eigenvalue weighted by atomic mass is 16.3. The number of aromatic nitrogens is 3. The first-order valence-corrected chi connectivity index (χ1v) is 10.9. The minimum Gasteiger partial charge on any atom is -0.463 e. The maximum absolute atomic E-state index is 13.2. The van der Waals surface area contributed by atoms with Crippen molar-refractivity contribution in [3.63, 3.8) is 0 Å². The minimum absolute atomic E-state index is 0.0116. The summed E-state index contributed by atoms with van der Waals surface area (Å²) in [6.45, 7) is 5.87. The lowest BCUT2D eigenvalue weighted by atomic mass is 10.1. The predicted molar refractivity (Wildman–Crippen MR) is 120 cm³/mol. The second kappa shape index (κ2) is 8.79. The van der Waals surface area contributed by atoms with E-state index in [0.29, 0.717) is 23.9 Å². The summed E-state index contributed by atoms with van der Waals surface area (Å²) in [6, 6.07) is 13.1. The van der Waals surface area contributed by atoms with Gasteiger partial charge in [0, 0.05) is 24.6 Å². The Morgan fingerprint density at radius 2 is 1.94 bits per heavy atom. The number of hydrogen-bond acceptors (Lipinski definition) is 4. The van der Waals surface area contributed by atoms with Crippen LogP contribution in [0, 0.1) is 0 Å². The molecule has 0 spiro atoms. The van der Waals surface area contributed by atoms with Gasteiger partial charge in [-0.3, -0.25) is 14.0 Å². The Hall–Kier alpha value is -3.35. The van der Waals surface area contributed by atoms with Crippen LogP contribution in [0.5, 0.6) is 0 Å². The van der Waals surface area contributed by atoms with Crippen molar-refractivity contribution in [3.05, 3.63) is 70.5 Å². The average Bonchev–Trinajstić information content (AvgIpc) is 3.37. The Kier molecular flexibility index (Phi) is 5.93. The van der Waals surface area contributed by atoms with E-state index in [1.165, 1.54) is 10.2 Å². The van der Waals surface area contributed by atoms with Gasteiger partial charge in [0.2, 0.25) is 5.91 Å². The summed E-state index contributed by atoms with van der Waals surface area (Å²) in [5.41, 5.74) is 2.88. The van der Waals surface area contributed by atoms with E-state index in [-0.39, 0.29) is 17.5 Å². The molecular formula is C24H28N4O3. The number of benzene rings is 1. The smallest absolute Gasteiger partial charge is 0.291 e. The number of nitrogens with one attached hydrogen (secondary N) is 1. The quantitative estimate of drug-likeness (QED) is 0.469. The molecular weight excluding hydrogens is 392 g/mol. The van der Waals surface area contributed by atoms with E-state index in [1.807, 2.05) is 49.4 Å². The van der Waals surface area contributed by atoms with Gasteiger partial charge >= 0.3 is 0 Å². The van der Waals surface area contributed by atoms with Crippen molar-refractivity contribution >= 4 is 22.5 Å². The normalized spacial score (nSPS) is 13.5. The zero-order valence-corrected chi connectivity index (χ0v) is 18.2. The molecule has 0 aliphatic heterocycles. The molecule has 31 heavy (non-hydrogen) atoms. The van der Waals surface area contributed by atoms with Gasteiger partial charge in [0.15, 0.2) is 5.58 Å². The fraction of sp³-hybridized carbons (Fsp3) is 0.375. The van der Waals surface area contributed by atoms with Crippen LogP contribution in [0.4, 0.5) is 0 Å². The van der Waals surface area contributed by atoms with E-state index in [4.69, 9.17) is 4.42 Å². The first kappa shape index (κ1) is 20.9. The Bertz CT molecular complexity index is 1250. The SMILES string of the molecule is CCc1nn([C@@H](CC)C(=O)N[C@H](C)CCc2ccccc2)c(=O)c2cc3occc3n12. The van der Waals surface area contributed by atoms with Crippen molar-refractivity contribution in [2.24, 2.45) is 0 Å². The molecule has 3 aromatic heterocycles. The van der Waals surface area contributed by atoms with Crippen LogP contribution in [0.25, 0.3) is 16.6 Å². The van der Waals surface area contributed by atoms with Crippen LogP contribution in [0.2, 0.25) is 0 Å². The van der Waals surface area contributed by atoms with Crippen LogP contribution in [-0.2, 0) is 17.6 Å². The van der Waals surface area contributed by atoms with Crippen LogP contribution >= 0.6 is 0 Å². The number of aryl methyl sites for hydroxylation is 2. The first-order chi connectivity index (χ1) is 15.0. The summed E-state index contributed by atoms with van der Waals surface area (Å²) in [5.74, 6) is 0.536. The fourth-order valence-corrected chi connectivity index (χ4v) is 4.04. The maximum atomic E-state index is 13.2. The molecule has 1 N–H and O–H groups in total. The summed E-state index contributed by atoms with van der Waals surface area (Å²) in [5, 5.41) is 7.65. The number of furan rings is 1. The maximum Gasteiger partial charge on any atom is 0.291 e. The van der Waals surface area contributed by atoms with Gasteiger partial charge in [-0.05, 0) is 31.7 Å². The Morgan fingerprint density at radius 1 is 1.16 bits per heavy atom. The molecule has 162 valence electrons. The topological polar surface area (TPSA) is 81.5 Å². The van der Waals surface area contributed by atoms with Gasteiger partial charge in [0.05, 0.1) is 11.8 Å². The molecule has 3 heterocycles. The molecule has 0 radical (unpaired) electrons. The van der Waals surface area contributed by atoms with Crippen molar-refractivity contribution in [2.45, 2.75) is 58.5 Å². The zero-order chi connectivity index (χ0) is 22.0. The minimum atomic E-state index is -0.664. The van der Waals surface area contributed by atoms with E-state index in [1.54, 1.807) is 12.3 Å². The summed E-state index contributed by atoms with van der Waals surface area (Å²) < 4.78 is 8.64. The van der Waals surface area contributed by atoms with Gasteiger partial charge < -0.3 is 9.73 Å². The van der Waals surface area contributed by atoms with Gasteiger partial charge in [-0.15, -0.1) is 0 Å². The third-order valence-electron chi connectivity index (χ3n) is 5.73. The standard InChI is InChI=1S/C24H28N4O3/c1-4-18(23(29)25-16(3)11-12-17-9-7-6-8-10-17)28-24(30)20-15-21-19(13-14-31-21)27(20)22(5-2)26-28/h6-10,13-16,18H,4-5,11-12H2,1-3H3,(H,25,29)/t16-,18+/m1/s1. The second-order valence-corrected chi connectivity index (χ2v) is 7.91. The van der Waals surface area contributed by atoms with Gasteiger partial charge in [0.25, 0.3) is 5.56 Å². The van der Waals surface area contributed by atoms with Crippen molar-refractivity contribution in [1.29, 1.82) is 0 Å². The number of carbonyl (C=O) groups excluding carboxylic acids is 1. The highest BCUT2D eigenvalue weighted by Gasteiger charge is 2.25. The number of amides is 1. The predicted octanol–water partition coefficient (Wildman–Crippen LogP) is 3.89. The highest BCUT2D eigenvalue weighted by molar-refractivity contribution is 5.83. The molecule has 4 aromatic rings. The lowest BCUT2D eigenvalue weighted by Gasteiger charge is -2.21. The van der Waals surface area contributed by atoms with Crippen molar-refractivity contribution < 1.29 is 9.21 Å². The molecule has 1 amide bonds. The van der Waals surface area contributed by atoms with Gasteiger partial charge in [0.1, 0.15) is 17.4 Å². The van der Waals surface area contributed by atoms with E-state index < -0.39 is 6.04 Å². The van der Waals surface area contributed by atoms with E-state index >= 15 is 0 Å². The number of rotatable bonds is 8. The molecule has 0 bridgehead atoms. The largest absolute Gasteiger partial charge is 0.463 e. The molecule has 7 nitrogen and oxygen atoms in total. The van der Waals surface area contributed by atoms with Gasteiger partial charge in [-0.25, -0.2) is 4.68 Å². The molecule has 4 rings (SSSR count). The van der Waals surface area contributed by atoms with Crippen LogP contribution in [0.3, 0.4) is 0 Å². The molecule has 2 atom stereocenters. The van der Waals surface area contributed by atoms with Crippen molar-refractivity contribution in [1.82, 2.24) is 19.5 Å². The van der Waals surface area contributed by atoms with Crippen molar-refractivity contribution in [3.8, 4) is 0 Å². The molecule has 0 fully saturated rings.